The molecule has 0 aliphatic heterocycles. The van der Waals surface area contributed by atoms with Crippen LogP contribution in [0, 0.1) is 0 Å². The van der Waals surface area contributed by atoms with Gasteiger partial charge in [-0.1, -0.05) is 42.5 Å². The molecule has 4 rings (SSSR count). The summed E-state index contributed by atoms with van der Waals surface area (Å²) in [6, 6.07) is 22.6. The minimum absolute atomic E-state index is 0.179. The second-order valence-electron chi connectivity index (χ2n) is 7.42. The summed E-state index contributed by atoms with van der Waals surface area (Å²) in [6.07, 6.45) is 3.22. The van der Waals surface area contributed by atoms with Crippen molar-refractivity contribution >= 4 is 15.9 Å². The highest BCUT2D eigenvalue weighted by Crippen LogP contribution is 2.37. The van der Waals surface area contributed by atoms with Gasteiger partial charge in [0, 0.05) is 12.6 Å². The minimum atomic E-state index is 0.179. The van der Waals surface area contributed by atoms with Crippen molar-refractivity contribution < 1.29 is 9.47 Å². The first kappa shape index (κ1) is 22.0. The molecule has 3 aromatic carbocycles. The van der Waals surface area contributed by atoms with Crippen LogP contribution in [0.4, 0.5) is 0 Å². The van der Waals surface area contributed by atoms with E-state index in [-0.39, 0.29) is 6.04 Å². The van der Waals surface area contributed by atoms with Gasteiger partial charge in [0.2, 0.25) is 0 Å². The van der Waals surface area contributed by atoms with Crippen LogP contribution < -0.4 is 14.8 Å². The van der Waals surface area contributed by atoms with Crippen molar-refractivity contribution in [1.29, 1.82) is 0 Å². The van der Waals surface area contributed by atoms with Crippen LogP contribution in [-0.4, -0.2) is 21.9 Å². The Morgan fingerprint density at radius 3 is 2.50 bits per heavy atom. The Balaban J connectivity index is 1.40. The molecule has 0 aliphatic carbocycles. The molecule has 6 nitrogen and oxygen atoms in total. The predicted molar refractivity (Wildman–Crippen MR) is 128 cm³/mol. The summed E-state index contributed by atoms with van der Waals surface area (Å²) in [6.45, 7) is 3.32. The molecular formula is C25H25BrN4O2. The zero-order chi connectivity index (χ0) is 22.3. The summed E-state index contributed by atoms with van der Waals surface area (Å²) >= 11 is 3.65. The number of methoxy groups -OCH3 is 1. The summed E-state index contributed by atoms with van der Waals surface area (Å²) in [5.41, 5.74) is 4.39. The van der Waals surface area contributed by atoms with Crippen molar-refractivity contribution in [3.63, 3.8) is 0 Å². The molecule has 0 saturated heterocycles. The van der Waals surface area contributed by atoms with E-state index in [1.54, 1.807) is 18.1 Å². The lowest BCUT2D eigenvalue weighted by Crippen LogP contribution is -2.18. The third-order valence-corrected chi connectivity index (χ3v) is 5.79. The zero-order valence-electron chi connectivity index (χ0n) is 18.0. The molecule has 4 aromatic rings. The summed E-state index contributed by atoms with van der Waals surface area (Å²) in [7, 11) is 1.66. The normalized spacial score (nSPS) is 11.8. The second kappa shape index (κ2) is 10.4. The predicted octanol–water partition coefficient (Wildman–Crippen LogP) is 5.47. The van der Waals surface area contributed by atoms with Crippen molar-refractivity contribution in [3.05, 3.63) is 101 Å². The zero-order valence-corrected chi connectivity index (χ0v) is 19.6. The number of rotatable bonds is 9. The van der Waals surface area contributed by atoms with E-state index in [0.717, 1.165) is 21.3 Å². The number of nitrogens with zero attached hydrogens (tertiary/aromatic N) is 3. The largest absolute Gasteiger partial charge is 0.493 e. The Hall–Kier alpha value is -3.16. The lowest BCUT2D eigenvalue weighted by molar-refractivity contribution is 0.282. The van der Waals surface area contributed by atoms with Gasteiger partial charge in [0.05, 0.1) is 17.3 Å². The van der Waals surface area contributed by atoms with E-state index in [4.69, 9.17) is 9.47 Å². The second-order valence-corrected chi connectivity index (χ2v) is 8.27. The number of nitrogens with one attached hydrogen (secondary N) is 1. The van der Waals surface area contributed by atoms with Crippen molar-refractivity contribution in [2.75, 3.05) is 7.11 Å². The van der Waals surface area contributed by atoms with E-state index in [0.29, 0.717) is 24.7 Å². The van der Waals surface area contributed by atoms with Crippen molar-refractivity contribution in [3.8, 4) is 17.2 Å². The smallest absolute Gasteiger partial charge is 0.175 e. The van der Waals surface area contributed by atoms with Crippen LogP contribution in [0.1, 0.15) is 29.7 Å². The van der Waals surface area contributed by atoms with Gasteiger partial charge in [0.25, 0.3) is 0 Å². The summed E-state index contributed by atoms with van der Waals surface area (Å²) in [5.74, 6) is 1.41. The summed E-state index contributed by atoms with van der Waals surface area (Å²) in [4.78, 5) is 3.99. The highest BCUT2D eigenvalue weighted by Gasteiger charge is 2.13. The number of halogens is 1. The first-order chi connectivity index (χ1) is 15.6. The maximum Gasteiger partial charge on any atom is 0.175 e. The molecule has 0 amide bonds. The Morgan fingerprint density at radius 1 is 1.03 bits per heavy atom. The number of benzene rings is 3. The molecule has 0 aliphatic rings. The quantitative estimate of drug-likeness (QED) is 0.335. The molecule has 1 N–H and O–H groups in total. The fraction of sp³-hybridized carbons (Fsp3) is 0.200. The molecule has 0 bridgehead atoms. The first-order valence-electron chi connectivity index (χ1n) is 10.4. The van der Waals surface area contributed by atoms with E-state index in [2.05, 4.69) is 56.5 Å². The lowest BCUT2D eigenvalue weighted by atomic mass is 10.1. The van der Waals surface area contributed by atoms with Gasteiger partial charge < -0.3 is 14.8 Å². The molecule has 1 unspecified atom stereocenters. The molecule has 0 saturated carbocycles. The highest BCUT2D eigenvalue weighted by molar-refractivity contribution is 9.10. The molecular weight excluding hydrogens is 468 g/mol. The fourth-order valence-corrected chi connectivity index (χ4v) is 4.00. The molecule has 0 radical (unpaired) electrons. The van der Waals surface area contributed by atoms with Gasteiger partial charge in [-0.05, 0) is 63.8 Å². The van der Waals surface area contributed by atoms with Crippen LogP contribution >= 0.6 is 15.9 Å². The number of ether oxygens (including phenoxy) is 2. The Morgan fingerprint density at radius 2 is 1.81 bits per heavy atom. The van der Waals surface area contributed by atoms with Crippen molar-refractivity contribution in [2.45, 2.75) is 26.1 Å². The van der Waals surface area contributed by atoms with Crippen LogP contribution in [-0.2, 0) is 13.2 Å². The monoisotopic (exact) mass is 492 g/mol. The lowest BCUT2D eigenvalue weighted by Gasteiger charge is -2.17. The van der Waals surface area contributed by atoms with Gasteiger partial charge in [0.1, 0.15) is 19.3 Å². The maximum atomic E-state index is 6.03. The highest BCUT2D eigenvalue weighted by atomic mass is 79.9. The SMILES string of the molecule is COc1cc(CNC(C)c2ccc(-n3cncn3)cc2)cc(Br)c1OCc1ccccc1. The molecule has 1 aromatic heterocycles. The minimum Gasteiger partial charge on any atom is -0.493 e. The van der Waals surface area contributed by atoms with Crippen LogP contribution in [0.15, 0.2) is 83.9 Å². The Bertz CT molecular complexity index is 1130. The van der Waals surface area contributed by atoms with E-state index < -0.39 is 0 Å². The van der Waals surface area contributed by atoms with Gasteiger partial charge in [-0.3, -0.25) is 0 Å². The maximum absolute atomic E-state index is 6.03. The number of hydrogen-bond acceptors (Lipinski definition) is 5. The first-order valence-corrected chi connectivity index (χ1v) is 11.1. The molecule has 1 heterocycles. The van der Waals surface area contributed by atoms with Gasteiger partial charge in [-0.25, -0.2) is 9.67 Å². The summed E-state index contributed by atoms with van der Waals surface area (Å²) in [5, 5.41) is 7.74. The summed E-state index contributed by atoms with van der Waals surface area (Å²) < 4.78 is 14.2. The Labute approximate surface area is 196 Å². The third-order valence-electron chi connectivity index (χ3n) is 5.20. The van der Waals surface area contributed by atoms with E-state index >= 15 is 0 Å². The van der Waals surface area contributed by atoms with E-state index in [1.807, 2.05) is 48.5 Å². The molecule has 164 valence electrons. The van der Waals surface area contributed by atoms with Crippen LogP contribution in [0.3, 0.4) is 0 Å². The van der Waals surface area contributed by atoms with Gasteiger partial charge >= 0.3 is 0 Å². The van der Waals surface area contributed by atoms with Gasteiger partial charge in [-0.2, -0.15) is 5.10 Å². The van der Waals surface area contributed by atoms with Gasteiger partial charge in [-0.15, -0.1) is 0 Å². The average molecular weight is 493 g/mol. The van der Waals surface area contributed by atoms with E-state index in [9.17, 15) is 0 Å². The number of aromatic nitrogens is 3. The molecule has 7 heteroatoms. The topological polar surface area (TPSA) is 61.2 Å². The van der Waals surface area contributed by atoms with Crippen molar-refractivity contribution in [1.82, 2.24) is 20.1 Å². The third kappa shape index (κ3) is 5.36. The standard InChI is InChI=1S/C25H25BrN4O2/c1-18(21-8-10-22(11-9-21)30-17-27-16-29-30)28-14-20-12-23(26)25(24(13-20)31-2)32-15-19-6-4-3-5-7-19/h3-13,16-18,28H,14-15H2,1-2H3. The van der Waals surface area contributed by atoms with Crippen LogP contribution in [0.5, 0.6) is 11.5 Å². The Kier molecular flexibility index (Phi) is 7.19. The van der Waals surface area contributed by atoms with Gasteiger partial charge in [0.15, 0.2) is 11.5 Å². The van der Waals surface area contributed by atoms with Crippen molar-refractivity contribution in [2.24, 2.45) is 0 Å². The van der Waals surface area contributed by atoms with Crippen LogP contribution in [0.2, 0.25) is 0 Å². The fourth-order valence-electron chi connectivity index (χ4n) is 3.39. The molecule has 0 spiro atoms. The molecule has 0 fully saturated rings. The average Bonchev–Trinajstić information content (AvgIpc) is 3.37. The van der Waals surface area contributed by atoms with E-state index in [1.165, 1.54) is 11.9 Å². The molecule has 32 heavy (non-hydrogen) atoms. The molecule has 1 atom stereocenters. The van der Waals surface area contributed by atoms with Crippen LogP contribution in [0.25, 0.3) is 5.69 Å². The number of hydrogen-bond donors (Lipinski definition) is 1.